The number of rotatable bonds is 4. The van der Waals surface area contributed by atoms with Crippen molar-refractivity contribution in [2.75, 3.05) is 47.7 Å². The maximum atomic E-state index is 13.5. The Labute approximate surface area is 191 Å². The maximum absolute atomic E-state index is 13.5. The van der Waals surface area contributed by atoms with Crippen molar-refractivity contribution in [3.8, 4) is 0 Å². The number of nitrogens with zero attached hydrogens (tertiary/aromatic N) is 3. The van der Waals surface area contributed by atoms with Crippen molar-refractivity contribution < 1.29 is 16.8 Å². The fraction of sp³-hybridized carbons (Fsp3) is 0.478. The summed E-state index contributed by atoms with van der Waals surface area (Å²) in [6.45, 7) is 8.08. The Bertz CT molecular complexity index is 1190. The lowest BCUT2D eigenvalue weighted by molar-refractivity contribution is 0.384. The second kappa shape index (κ2) is 8.68. The number of hydrogen-bond acceptors (Lipinski definition) is 5. The lowest BCUT2D eigenvalue weighted by atomic mass is 10.1. The average molecular weight is 478 g/mol. The zero-order valence-electron chi connectivity index (χ0n) is 18.9. The first kappa shape index (κ1) is 23.1. The van der Waals surface area contributed by atoms with E-state index in [1.165, 1.54) is 9.87 Å². The molecule has 0 atom stereocenters. The first-order valence-electron chi connectivity index (χ1n) is 11.0. The van der Waals surface area contributed by atoms with Crippen molar-refractivity contribution in [1.82, 2.24) is 4.31 Å². The van der Waals surface area contributed by atoms with E-state index < -0.39 is 20.0 Å². The summed E-state index contributed by atoms with van der Waals surface area (Å²) in [4.78, 5) is 2.50. The molecule has 2 heterocycles. The summed E-state index contributed by atoms with van der Waals surface area (Å²) < 4.78 is 55.0. The number of aryl methyl sites for hydroxylation is 3. The van der Waals surface area contributed by atoms with Crippen LogP contribution in [-0.2, 0) is 20.0 Å². The van der Waals surface area contributed by atoms with Gasteiger partial charge in [0.2, 0.25) is 20.0 Å². The van der Waals surface area contributed by atoms with Crippen LogP contribution in [0.4, 0.5) is 11.4 Å². The third-order valence-corrected chi connectivity index (χ3v) is 10.4. The molecule has 9 heteroatoms. The number of anilines is 2. The molecule has 2 aliphatic heterocycles. The van der Waals surface area contributed by atoms with Gasteiger partial charge in [0.25, 0.3) is 0 Å². The molecule has 2 saturated heterocycles. The highest BCUT2D eigenvalue weighted by Gasteiger charge is 2.33. The summed E-state index contributed by atoms with van der Waals surface area (Å²) in [5, 5.41) is 0. The molecular weight excluding hydrogens is 446 g/mol. The first-order valence-corrected chi connectivity index (χ1v) is 14.1. The van der Waals surface area contributed by atoms with Gasteiger partial charge in [0.1, 0.15) is 0 Å². The Morgan fingerprint density at radius 2 is 1.47 bits per heavy atom. The van der Waals surface area contributed by atoms with E-state index in [1.807, 2.05) is 6.07 Å². The van der Waals surface area contributed by atoms with E-state index in [0.29, 0.717) is 60.9 Å². The van der Waals surface area contributed by atoms with Crippen LogP contribution in [0.25, 0.3) is 0 Å². The number of benzene rings is 2. The third-order valence-electron chi connectivity index (χ3n) is 6.29. The predicted octanol–water partition coefficient (Wildman–Crippen LogP) is 3.05. The molecule has 0 bridgehead atoms. The average Bonchev–Trinajstić information content (AvgIpc) is 2.73. The van der Waals surface area contributed by atoms with Gasteiger partial charge in [-0.25, -0.2) is 16.8 Å². The van der Waals surface area contributed by atoms with Crippen molar-refractivity contribution in [1.29, 1.82) is 0 Å². The fourth-order valence-electron chi connectivity index (χ4n) is 4.70. The van der Waals surface area contributed by atoms with E-state index in [1.54, 1.807) is 30.3 Å². The van der Waals surface area contributed by atoms with Gasteiger partial charge >= 0.3 is 0 Å². The quantitative estimate of drug-likeness (QED) is 0.676. The van der Waals surface area contributed by atoms with Gasteiger partial charge in [-0.15, -0.1) is 0 Å². The molecule has 174 valence electrons. The van der Waals surface area contributed by atoms with Gasteiger partial charge < -0.3 is 4.90 Å². The summed E-state index contributed by atoms with van der Waals surface area (Å²) in [7, 11) is -7.02. The van der Waals surface area contributed by atoms with Crippen LogP contribution in [0.3, 0.4) is 0 Å². The number of piperazine rings is 1. The van der Waals surface area contributed by atoms with Crippen LogP contribution in [-0.4, -0.2) is 59.6 Å². The fourth-order valence-corrected chi connectivity index (χ4v) is 8.15. The number of hydrogen-bond donors (Lipinski definition) is 0. The monoisotopic (exact) mass is 477 g/mol. The van der Waals surface area contributed by atoms with Gasteiger partial charge in [0.15, 0.2) is 0 Å². The van der Waals surface area contributed by atoms with E-state index in [2.05, 4.69) is 30.0 Å². The van der Waals surface area contributed by atoms with Crippen LogP contribution in [0, 0.1) is 20.8 Å². The normalized spacial score (nSPS) is 19.8. The summed E-state index contributed by atoms with van der Waals surface area (Å²) in [5.74, 6) is 0.135. The largest absolute Gasteiger partial charge is 0.369 e. The second-order valence-corrected chi connectivity index (χ2v) is 12.6. The minimum absolute atomic E-state index is 0.135. The predicted molar refractivity (Wildman–Crippen MR) is 128 cm³/mol. The molecule has 0 unspecified atom stereocenters. The molecule has 4 rings (SSSR count). The molecule has 0 aliphatic carbocycles. The molecule has 2 aliphatic rings. The molecule has 0 saturated carbocycles. The standard InChI is InChI=1S/C23H31N3O4S2/c1-18-7-6-8-21(15-18)24-10-12-25(13-11-24)32(29,30)23-19(2)16-22(17-20(23)3)26-9-4-5-14-31(26,27)28/h6-8,15-17H,4-5,9-14H2,1-3H3. The SMILES string of the molecule is Cc1cccc(N2CCN(S(=O)(=O)c3c(C)cc(N4CCCCS4(=O)=O)cc3C)CC2)c1. The Morgan fingerprint density at radius 3 is 2.06 bits per heavy atom. The van der Waals surface area contributed by atoms with Crippen LogP contribution in [0.2, 0.25) is 0 Å². The van der Waals surface area contributed by atoms with Gasteiger partial charge in [-0.3, -0.25) is 4.31 Å². The number of sulfonamides is 2. The smallest absolute Gasteiger partial charge is 0.243 e. The van der Waals surface area contributed by atoms with Gasteiger partial charge in [0, 0.05) is 38.4 Å². The molecule has 0 aromatic heterocycles. The highest BCUT2D eigenvalue weighted by atomic mass is 32.2. The lowest BCUT2D eigenvalue weighted by Gasteiger charge is -2.36. The molecular formula is C23H31N3O4S2. The van der Waals surface area contributed by atoms with Crippen molar-refractivity contribution >= 4 is 31.4 Å². The van der Waals surface area contributed by atoms with Gasteiger partial charge in [-0.1, -0.05) is 12.1 Å². The van der Waals surface area contributed by atoms with Crippen LogP contribution in [0.5, 0.6) is 0 Å². The Hall–Kier alpha value is -2.10. The lowest BCUT2D eigenvalue weighted by Crippen LogP contribution is -2.49. The zero-order valence-corrected chi connectivity index (χ0v) is 20.5. The van der Waals surface area contributed by atoms with Crippen LogP contribution < -0.4 is 9.21 Å². The van der Waals surface area contributed by atoms with Crippen molar-refractivity contribution in [3.63, 3.8) is 0 Å². The molecule has 2 aromatic rings. The molecule has 2 aromatic carbocycles. The molecule has 0 spiro atoms. The summed E-state index contributed by atoms with van der Waals surface area (Å²) >= 11 is 0. The zero-order chi connectivity index (χ0) is 23.1. The summed E-state index contributed by atoms with van der Waals surface area (Å²) in [6, 6.07) is 11.6. The molecule has 7 nitrogen and oxygen atoms in total. The second-order valence-electron chi connectivity index (χ2n) is 8.73. The Morgan fingerprint density at radius 1 is 0.812 bits per heavy atom. The summed E-state index contributed by atoms with van der Waals surface area (Å²) in [5.41, 5.74) is 4.02. The van der Waals surface area contributed by atoms with Crippen molar-refractivity contribution in [2.24, 2.45) is 0 Å². The third kappa shape index (κ3) is 4.38. The van der Waals surface area contributed by atoms with E-state index in [4.69, 9.17) is 0 Å². The highest BCUT2D eigenvalue weighted by molar-refractivity contribution is 7.92. The molecule has 0 amide bonds. The summed E-state index contributed by atoms with van der Waals surface area (Å²) in [6.07, 6.45) is 1.47. The molecule has 2 fully saturated rings. The van der Waals surface area contributed by atoms with E-state index in [9.17, 15) is 16.8 Å². The van der Waals surface area contributed by atoms with Crippen molar-refractivity contribution in [3.05, 3.63) is 53.1 Å². The molecule has 0 N–H and O–H groups in total. The molecule has 0 radical (unpaired) electrons. The topological polar surface area (TPSA) is 78.0 Å². The van der Waals surface area contributed by atoms with E-state index >= 15 is 0 Å². The highest BCUT2D eigenvalue weighted by Crippen LogP contribution is 2.32. The van der Waals surface area contributed by atoms with Crippen LogP contribution >= 0.6 is 0 Å². The van der Waals surface area contributed by atoms with Crippen LogP contribution in [0.15, 0.2) is 41.3 Å². The van der Waals surface area contributed by atoms with E-state index in [0.717, 1.165) is 12.1 Å². The Balaban J connectivity index is 1.57. The van der Waals surface area contributed by atoms with Crippen molar-refractivity contribution in [2.45, 2.75) is 38.5 Å². The van der Waals surface area contributed by atoms with Gasteiger partial charge in [-0.05, 0) is 74.6 Å². The Kier molecular flexibility index (Phi) is 6.26. The van der Waals surface area contributed by atoms with Gasteiger partial charge in [-0.2, -0.15) is 4.31 Å². The van der Waals surface area contributed by atoms with E-state index in [-0.39, 0.29) is 5.75 Å². The van der Waals surface area contributed by atoms with Gasteiger partial charge in [0.05, 0.1) is 16.3 Å². The minimum atomic E-state index is -3.67. The molecule has 32 heavy (non-hydrogen) atoms. The minimum Gasteiger partial charge on any atom is -0.369 e. The van der Waals surface area contributed by atoms with Crippen LogP contribution in [0.1, 0.15) is 29.5 Å². The first-order chi connectivity index (χ1) is 15.1. The maximum Gasteiger partial charge on any atom is 0.243 e.